The van der Waals surface area contributed by atoms with Gasteiger partial charge in [-0.3, -0.25) is 4.90 Å². The molecule has 33 heavy (non-hydrogen) atoms. The van der Waals surface area contributed by atoms with E-state index in [-0.39, 0.29) is 0 Å². The van der Waals surface area contributed by atoms with E-state index in [4.69, 9.17) is 10.5 Å². The van der Waals surface area contributed by atoms with Gasteiger partial charge in [-0.2, -0.15) is 0 Å². The largest absolute Gasteiger partial charge is 0.481 e. The monoisotopic (exact) mass is 444 g/mol. The summed E-state index contributed by atoms with van der Waals surface area (Å²) in [4.78, 5) is 13.9. The standard InChI is InChI=1S/C26H32N6O/c1-30-13-15-31(16-14-30)21-9-11-22(12-10-21)32-18-20(24-25(27)28-19-29-26(24)32)6-5-17-33-23-7-3-2-4-8-23/h2-4,7-8,18-19,21-22H,9-17H2,1H3,(H2,27,28,29). The van der Waals surface area contributed by atoms with Gasteiger partial charge in [-0.05, 0) is 44.9 Å². The predicted molar refractivity (Wildman–Crippen MR) is 131 cm³/mol. The summed E-state index contributed by atoms with van der Waals surface area (Å²) in [6.45, 7) is 5.04. The van der Waals surface area contributed by atoms with E-state index in [1.807, 2.05) is 30.3 Å². The van der Waals surface area contributed by atoms with E-state index in [9.17, 15) is 0 Å². The van der Waals surface area contributed by atoms with Crippen LogP contribution < -0.4 is 10.5 Å². The Labute approximate surface area is 195 Å². The normalized spacial score (nSPS) is 22.1. The van der Waals surface area contributed by atoms with Gasteiger partial charge < -0.3 is 19.9 Å². The molecule has 7 heteroatoms. The number of hydrogen-bond donors (Lipinski definition) is 1. The Morgan fingerprint density at radius 1 is 1.00 bits per heavy atom. The fourth-order valence-electron chi connectivity index (χ4n) is 5.14. The summed E-state index contributed by atoms with van der Waals surface area (Å²) < 4.78 is 8.01. The lowest BCUT2D eigenvalue weighted by atomic mass is 9.89. The van der Waals surface area contributed by atoms with Crippen LogP contribution in [0.5, 0.6) is 5.75 Å². The predicted octanol–water partition coefficient (Wildman–Crippen LogP) is 3.18. The second-order valence-electron chi connectivity index (χ2n) is 9.11. The van der Waals surface area contributed by atoms with Gasteiger partial charge in [0.15, 0.2) is 0 Å². The van der Waals surface area contributed by atoms with Gasteiger partial charge in [0.1, 0.15) is 30.1 Å². The van der Waals surface area contributed by atoms with Crippen molar-refractivity contribution in [1.82, 2.24) is 24.3 Å². The number of nitrogens with two attached hydrogens (primary N) is 1. The second-order valence-corrected chi connectivity index (χ2v) is 9.11. The number of para-hydroxylation sites is 1. The van der Waals surface area contributed by atoms with Crippen LogP contribution in [-0.4, -0.2) is 70.2 Å². The molecule has 172 valence electrons. The van der Waals surface area contributed by atoms with Gasteiger partial charge in [0.2, 0.25) is 0 Å². The van der Waals surface area contributed by atoms with Gasteiger partial charge in [0.05, 0.1) is 10.9 Å². The Kier molecular flexibility index (Phi) is 6.47. The van der Waals surface area contributed by atoms with Crippen LogP contribution in [0.4, 0.5) is 5.82 Å². The molecule has 2 N–H and O–H groups in total. The highest BCUT2D eigenvalue weighted by molar-refractivity contribution is 5.92. The van der Waals surface area contributed by atoms with E-state index in [1.54, 1.807) is 6.33 Å². The SMILES string of the molecule is CN1CCN(C2CCC(n3cc(C#CCOc4ccccc4)c4c(N)ncnc43)CC2)CC1. The van der Waals surface area contributed by atoms with Crippen LogP contribution >= 0.6 is 0 Å². The van der Waals surface area contributed by atoms with Gasteiger partial charge in [-0.25, -0.2) is 9.97 Å². The van der Waals surface area contributed by atoms with Crippen LogP contribution in [0.25, 0.3) is 11.0 Å². The molecule has 3 aromatic rings. The lowest BCUT2D eigenvalue weighted by molar-refractivity contribution is 0.0827. The maximum atomic E-state index is 6.25. The first-order valence-electron chi connectivity index (χ1n) is 11.9. The molecule has 1 aromatic carbocycles. The molecule has 0 amide bonds. The number of aromatic nitrogens is 3. The molecule has 3 heterocycles. The topological polar surface area (TPSA) is 72.4 Å². The van der Waals surface area contributed by atoms with E-state index < -0.39 is 0 Å². The highest BCUT2D eigenvalue weighted by atomic mass is 16.5. The molecule has 0 spiro atoms. The molecule has 1 saturated heterocycles. The highest BCUT2D eigenvalue weighted by Crippen LogP contribution is 2.35. The summed E-state index contributed by atoms with van der Waals surface area (Å²) >= 11 is 0. The number of fused-ring (bicyclic) bond motifs is 1. The van der Waals surface area contributed by atoms with Gasteiger partial charge in [-0.1, -0.05) is 30.0 Å². The molecule has 0 atom stereocenters. The van der Waals surface area contributed by atoms with E-state index in [1.165, 1.54) is 39.0 Å². The summed E-state index contributed by atoms with van der Waals surface area (Å²) in [6.07, 6.45) is 8.41. The number of nitrogens with zero attached hydrogens (tertiary/aromatic N) is 5. The first-order chi connectivity index (χ1) is 16.2. The van der Waals surface area contributed by atoms with Crippen LogP contribution in [0.15, 0.2) is 42.9 Å². The van der Waals surface area contributed by atoms with Crippen molar-refractivity contribution in [1.29, 1.82) is 0 Å². The highest BCUT2D eigenvalue weighted by Gasteiger charge is 2.29. The van der Waals surface area contributed by atoms with Crippen molar-refractivity contribution >= 4 is 16.9 Å². The van der Waals surface area contributed by atoms with E-state index in [0.717, 1.165) is 35.2 Å². The summed E-state index contributed by atoms with van der Waals surface area (Å²) in [6, 6.07) is 10.8. The summed E-state index contributed by atoms with van der Waals surface area (Å²) in [5, 5.41) is 0.853. The lowest BCUT2D eigenvalue weighted by Crippen LogP contribution is -2.49. The molecule has 5 rings (SSSR count). The van der Waals surface area contributed by atoms with Crippen LogP contribution in [-0.2, 0) is 0 Å². The molecule has 1 saturated carbocycles. The lowest BCUT2D eigenvalue weighted by Gasteiger charge is -2.41. The number of anilines is 1. The third kappa shape index (κ3) is 4.82. The average molecular weight is 445 g/mol. The quantitative estimate of drug-likeness (QED) is 0.623. The maximum absolute atomic E-state index is 6.25. The van der Waals surface area contributed by atoms with Gasteiger partial charge >= 0.3 is 0 Å². The summed E-state index contributed by atoms with van der Waals surface area (Å²) in [5.74, 6) is 7.68. The number of benzene rings is 1. The molecule has 2 aromatic heterocycles. The van der Waals surface area contributed by atoms with Gasteiger partial charge in [0.25, 0.3) is 0 Å². The van der Waals surface area contributed by atoms with Crippen molar-refractivity contribution in [3.63, 3.8) is 0 Å². The molecular formula is C26H32N6O. The van der Waals surface area contributed by atoms with Crippen molar-refractivity contribution in [3.8, 4) is 17.6 Å². The number of likely N-dealkylation sites (N-methyl/N-ethyl adjacent to an activating group) is 1. The molecule has 1 aliphatic carbocycles. The minimum absolute atomic E-state index is 0.320. The number of nitrogen functional groups attached to an aromatic ring is 1. The van der Waals surface area contributed by atoms with E-state index in [0.29, 0.717) is 24.5 Å². The summed E-state index contributed by atoms with van der Waals surface area (Å²) in [7, 11) is 2.22. The van der Waals surface area contributed by atoms with Crippen molar-refractivity contribution in [2.75, 3.05) is 45.6 Å². The number of hydrogen-bond acceptors (Lipinski definition) is 6. The molecule has 2 fully saturated rings. The molecule has 0 radical (unpaired) electrons. The Hall–Kier alpha value is -3.08. The molecule has 7 nitrogen and oxygen atoms in total. The van der Waals surface area contributed by atoms with Crippen molar-refractivity contribution < 1.29 is 4.74 Å². The number of piperazine rings is 1. The molecule has 0 bridgehead atoms. The second kappa shape index (κ2) is 9.82. The number of ether oxygens (including phenoxy) is 1. The van der Waals surface area contributed by atoms with Crippen LogP contribution in [0.1, 0.15) is 37.3 Å². The fraction of sp³-hybridized carbons (Fsp3) is 0.462. The summed E-state index contributed by atoms with van der Waals surface area (Å²) in [5.41, 5.74) is 8.02. The Morgan fingerprint density at radius 3 is 2.48 bits per heavy atom. The first-order valence-corrected chi connectivity index (χ1v) is 11.9. The minimum atomic E-state index is 0.320. The zero-order chi connectivity index (χ0) is 22.6. The Bertz CT molecular complexity index is 1130. The number of rotatable bonds is 4. The van der Waals surface area contributed by atoms with Crippen LogP contribution in [0.3, 0.4) is 0 Å². The van der Waals surface area contributed by atoms with Crippen LogP contribution in [0.2, 0.25) is 0 Å². The molecular weight excluding hydrogens is 412 g/mol. The van der Waals surface area contributed by atoms with Crippen molar-refractivity contribution in [2.24, 2.45) is 0 Å². The van der Waals surface area contributed by atoms with Crippen molar-refractivity contribution in [3.05, 3.63) is 48.4 Å². The van der Waals surface area contributed by atoms with E-state index >= 15 is 0 Å². The Balaban J connectivity index is 1.30. The molecule has 2 aliphatic rings. The Morgan fingerprint density at radius 2 is 1.73 bits per heavy atom. The third-order valence-electron chi connectivity index (χ3n) is 7.03. The van der Waals surface area contributed by atoms with Gasteiger partial charge in [-0.15, -0.1) is 0 Å². The molecule has 0 unspecified atom stereocenters. The maximum Gasteiger partial charge on any atom is 0.149 e. The first kappa shape index (κ1) is 21.7. The fourth-order valence-corrected chi connectivity index (χ4v) is 5.14. The van der Waals surface area contributed by atoms with Crippen LogP contribution in [0, 0.1) is 11.8 Å². The van der Waals surface area contributed by atoms with E-state index in [2.05, 4.69) is 49.4 Å². The smallest absolute Gasteiger partial charge is 0.149 e. The molecule has 1 aliphatic heterocycles. The third-order valence-corrected chi connectivity index (χ3v) is 7.03. The zero-order valence-corrected chi connectivity index (χ0v) is 19.3. The van der Waals surface area contributed by atoms with Crippen molar-refractivity contribution in [2.45, 2.75) is 37.8 Å². The zero-order valence-electron chi connectivity index (χ0n) is 19.3. The minimum Gasteiger partial charge on any atom is -0.481 e. The van der Waals surface area contributed by atoms with Gasteiger partial charge in [0, 0.05) is 44.5 Å². The average Bonchev–Trinajstić information content (AvgIpc) is 3.23.